The molecule has 2 aromatic heterocycles. The van der Waals surface area contributed by atoms with Gasteiger partial charge in [-0.25, -0.2) is 0 Å². The lowest BCUT2D eigenvalue weighted by Gasteiger charge is -2.21. The quantitative estimate of drug-likeness (QED) is 0.873. The van der Waals surface area contributed by atoms with Gasteiger partial charge in [0.1, 0.15) is 0 Å². The molecule has 2 heterocycles. The highest BCUT2D eigenvalue weighted by Gasteiger charge is 2.29. The van der Waals surface area contributed by atoms with Crippen molar-refractivity contribution < 1.29 is 9.05 Å². The van der Waals surface area contributed by atoms with Gasteiger partial charge in [0.25, 0.3) is 5.89 Å². The number of hydrogen-bond acceptors (Lipinski definition) is 6. The third-order valence-electron chi connectivity index (χ3n) is 2.97. The molecule has 17 heavy (non-hydrogen) atoms. The summed E-state index contributed by atoms with van der Waals surface area (Å²) in [6.07, 6.45) is 1.50. The lowest BCUT2D eigenvalue weighted by atomic mass is 9.93. The van der Waals surface area contributed by atoms with Crippen molar-refractivity contribution in [1.29, 1.82) is 0 Å². The van der Waals surface area contributed by atoms with Crippen molar-refractivity contribution in [2.45, 2.75) is 39.2 Å². The fourth-order valence-corrected chi connectivity index (χ4v) is 1.56. The molecule has 0 radical (unpaired) electrons. The van der Waals surface area contributed by atoms with Gasteiger partial charge in [-0.1, -0.05) is 24.2 Å². The minimum atomic E-state index is -0.545. The summed E-state index contributed by atoms with van der Waals surface area (Å²) >= 11 is 0. The Morgan fingerprint density at radius 3 is 2.47 bits per heavy atom. The van der Waals surface area contributed by atoms with Crippen LogP contribution in [0.1, 0.15) is 38.2 Å². The van der Waals surface area contributed by atoms with Crippen LogP contribution in [0.3, 0.4) is 0 Å². The number of nitrogens with two attached hydrogens (primary N) is 1. The Morgan fingerprint density at radius 2 is 1.94 bits per heavy atom. The number of aromatic nitrogens is 3. The molecule has 6 nitrogen and oxygen atoms in total. The van der Waals surface area contributed by atoms with Crippen LogP contribution in [0.4, 0.5) is 0 Å². The monoisotopic (exact) mass is 236 g/mol. The molecule has 0 amide bonds. The van der Waals surface area contributed by atoms with Gasteiger partial charge in [-0.15, -0.1) is 0 Å². The molecule has 2 aromatic rings. The lowest BCUT2D eigenvalue weighted by molar-refractivity contribution is 0.344. The standard InChI is InChI=1S/C11H16N4O2/c1-4-11(12,5-2)10-13-9(17-15-10)8-6-7(3)14-16-8/h6H,4-5,12H2,1-3H3. The first kappa shape index (κ1) is 11.8. The largest absolute Gasteiger partial charge is 0.351 e. The van der Waals surface area contributed by atoms with E-state index in [0.717, 1.165) is 18.5 Å². The maximum absolute atomic E-state index is 6.18. The van der Waals surface area contributed by atoms with Crippen molar-refractivity contribution in [3.63, 3.8) is 0 Å². The molecule has 92 valence electrons. The zero-order valence-electron chi connectivity index (χ0n) is 10.2. The van der Waals surface area contributed by atoms with Gasteiger partial charge in [0.15, 0.2) is 5.82 Å². The van der Waals surface area contributed by atoms with E-state index in [-0.39, 0.29) is 0 Å². The van der Waals surface area contributed by atoms with Crippen molar-refractivity contribution >= 4 is 0 Å². The highest BCUT2D eigenvalue weighted by molar-refractivity contribution is 5.43. The van der Waals surface area contributed by atoms with E-state index in [1.807, 2.05) is 20.8 Å². The zero-order chi connectivity index (χ0) is 12.5. The molecule has 0 atom stereocenters. The molecular formula is C11H16N4O2. The summed E-state index contributed by atoms with van der Waals surface area (Å²) < 4.78 is 10.2. The van der Waals surface area contributed by atoms with Crippen LogP contribution in [0.5, 0.6) is 0 Å². The molecule has 0 aliphatic carbocycles. The molecule has 0 fully saturated rings. The van der Waals surface area contributed by atoms with Gasteiger partial charge in [0, 0.05) is 6.07 Å². The third-order valence-corrected chi connectivity index (χ3v) is 2.97. The van der Waals surface area contributed by atoms with E-state index in [2.05, 4.69) is 15.3 Å². The molecule has 0 saturated heterocycles. The molecule has 2 N–H and O–H groups in total. The first-order chi connectivity index (χ1) is 8.09. The molecule has 0 bridgehead atoms. The van der Waals surface area contributed by atoms with Crippen LogP contribution in [-0.2, 0) is 5.54 Å². The minimum Gasteiger partial charge on any atom is -0.351 e. The summed E-state index contributed by atoms with van der Waals surface area (Å²) in [5.74, 6) is 1.29. The second-order valence-corrected chi connectivity index (χ2v) is 4.12. The Morgan fingerprint density at radius 1 is 1.24 bits per heavy atom. The van der Waals surface area contributed by atoms with Crippen LogP contribution in [-0.4, -0.2) is 15.3 Å². The first-order valence-electron chi connectivity index (χ1n) is 5.66. The minimum absolute atomic E-state index is 0.317. The van der Waals surface area contributed by atoms with Crippen LogP contribution in [0.25, 0.3) is 11.7 Å². The number of hydrogen-bond donors (Lipinski definition) is 1. The maximum Gasteiger partial charge on any atom is 0.296 e. The summed E-state index contributed by atoms with van der Waals surface area (Å²) in [6.45, 7) is 5.83. The molecule has 0 unspecified atom stereocenters. The SMILES string of the molecule is CCC(N)(CC)c1noc(-c2cc(C)no2)n1. The third kappa shape index (κ3) is 2.08. The Bertz CT molecular complexity index is 499. The number of nitrogens with zero attached hydrogens (tertiary/aromatic N) is 3. The van der Waals surface area contributed by atoms with E-state index in [9.17, 15) is 0 Å². The van der Waals surface area contributed by atoms with Crippen molar-refractivity contribution in [1.82, 2.24) is 15.3 Å². The van der Waals surface area contributed by atoms with Crippen molar-refractivity contribution in [3.8, 4) is 11.7 Å². The Labute approximate surface area is 99.2 Å². The Kier molecular flexibility index (Phi) is 2.97. The fraction of sp³-hybridized carbons (Fsp3) is 0.545. The van der Waals surface area contributed by atoms with Crippen LogP contribution in [0.15, 0.2) is 15.1 Å². The van der Waals surface area contributed by atoms with Gasteiger partial charge in [-0.2, -0.15) is 4.98 Å². The van der Waals surface area contributed by atoms with E-state index in [1.165, 1.54) is 0 Å². The lowest BCUT2D eigenvalue weighted by Crippen LogP contribution is -2.36. The van der Waals surface area contributed by atoms with Gasteiger partial charge in [0.05, 0.1) is 11.2 Å². The van der Waals surface area contributed by atoms with Gasteiger partial charge in [-0.05, 0) is 19.8 Å². The topological polar surface area (TPSA) is 91.0 Å². The van der Waals surface area contributed by atoms with Crippen LogP contribution in [0.2, 0.25) is 0 Å². The van der Waals surface area contributed by atoms with E-state index >= 15 is 0 Å². The normalized spacial score (nSPS) is 12.0. The molecule has 6 heteroatoms. The molecule has 0 spiro atoms. The highest BCUT2D eigenvalue weighted by Crippen LogP contribution is 2.26. The second kappa shape index (κ2) is 4.29. The Balaban J connectivity index is 2.33. The van der Waals surface area contributed by atoms with Gasteiger partial charge in [-0.3, -0.25) is 0 Å². The molecule has 0 aliphatic heterocycles. The molecule has 0 saturated carbocycles. The average molecular weight is 236 g/mol. The van der Waals surface area contributed by atoms with Crippen LogP contribution in [0, 0.1) is 6.92 Å². The summed E-state index contributed by atoms with van der Waals surface area (Å²) in [5.41, 5.74) is 6.41. The second-order valence-electron chi connectivity index (χ2n) is 4.12. The van der Waals surface area contributed by atoms with Gasteiger partial charge >= 0.3 is 0 Å². The molecule has 0 aromatic carbocycles. The summed E-state index contributed by atoms with van der Waals surface area (Å²) in [4.78, 5) is 4.27. The van der Waals surface area contributed by atoms with Crippen LogP contribution < -0.4 is 5.73 Å². The number of rotatable bonds is 4. The smallest absolute Gasteiger partial charge is 0.296 e. The predicted molar refractivity (Wildman–Crippen MR) is 61.0 cm³/mol. The van der Waals surface area contributed by atoms with E-state index in [0.29, 0.717) is 17.5 Å². The summed E-state index contributed by atoms with van der Waals surface area (Å²) in [6, 6.07) is 1.74. The molecule has 2 rings (SSSR count). The highest BCUT2D eigenvalue weighted by atomic mass is 16.5. The molecule has 0 aliphatic rings. The average Bonchev–Trinajstić information content (AvgIpc) is 2.96. The van der Waals surface area contributed by atoms with Gasteiger partial charge < -0.3 is 14.8 Å². The zero-order valence-corrected chi connectivity index (χ0v) is 10.2. The summed E-state index contributed by atoms with van der Waals surface area (Å²) in [5, 5.41) is 7.69. The van der Waals surface area contributed by atoms with E-state index in [4.69, 9.17) is 14.8 Å². The maximum atomic E-state index is 6.18. The van der Waals surface area contributed by atoms with Crippen molar-refractivity contribution in [2.24, 2.45) is 5.73 Å². The van der Waals surface area contributed by atoms with Crippen molar-refractivity contribution in [2.75, 3.05) is 0 Å². The predicted octanol–water partition coefficient (Wildman–Crippen LogP) is 2.01. The van der Waals surface area contributed by atoms with Crippen molar-refractivity contribution in [3.05, 3.63) is 17.6 Å². The van der Waals surface area contributed by atoms with Gasteiger partial charge in [0.2, 0.25) is 5.76 Å². The first-order valence-corrected chi connectivity index (χ1v) is 5.66. The van der Waals surface area contributed by atoms with E-state index in [1.54, 1.807) is 6.07 Å². The molecular weight excluding hydrogens is 220 g/mol. The van der Waals surface area contributed by atoms with E-state index < -0.39 is 5.54 Å². The summed E-state index contributed by atoms with van der Waals surface area (Å²) in [7, 11) is 0. The van der Waals surface area contributed by atoms with Crippen LogP contribution >= 0.6 is 0 Å². The fourth-order valence-electron chi connectivity index (χ4n) is 1.56. The Hall–Kier alpha value is -1.69. The number of aryl methyl sites for hydroxylation is 1.